The average molecular weight is 329 g/mol. The van der Waals surface area contributed by atoms with Crippen LogP contribution in [0, 0.1) is 5.92 Å². The molecule has 0 radical (unpaired) electrons. The standard InChI is InChI=1S/C15H18Cl2N2O2/c1-8(2)12-13(20)18-15(3,4)14(21)19(12)11-6-5-9(16)7-10(11)17/h5-8,12H,1-4H3,(H,18,20). The van der Waals surface area contributed by atoms with Gasteiger partial charge < -0.3 is 5.32 Å². The highest BCUT2D eigenvalue weighted by molar-refractivity contribution is 6.37. The van der Waals surface area contributed by atoms with Gasteiger partial charge in [-0.15, -0.1) is 0 Å². The second kappa shape index (κ2) is 5.50. The summed E-state index contributed by atoms with van der Waals surface area (Å²) in [5.41, 5.74) is -0.460. The Morgan fingerprint density at radius 2 is 1.86 bits per heavy atom. The van der Waals surface area contributed by atoms with Crippen molar-refractivity contribution in [1.82, 2.24) is 5.32 Å². The van der Waals surface area contributed by atoms with Gasteiger partial charge in [0.15, 0.2) is 0 Å². The molecule has 21 heavy (non-hydrogen) atoms. The van der Waals surface area contributed by atoms with Crippen LogP contribution >= 0.6 is 23.2 Å². The van der Waals surface area contributed by atoms with E-state index in [2.05, 4.69) is 5.32 Å². The summed E-state index contributed by atoms with van der Waals surface area (Å²) in [6.45, 7) is 7.15. The number of hydrogen-bond donors (Lipinski definition) is 1. The number of nitrogens with one attached hydrogen (secondary N) is 1. The number of piperazine rings is 1. The van der Waals surface area contributed by atoms with E-state index in [0.717, 1.165) is 0 Å². The van der Waals surface area contributed by atoms with Gasteiger partial charge in [-0.05, 0) is 38.0 Å². The fourth-order valence-electron chi connectivity index (χ4n) is 2.52. The van der Waals surface area contributed by atoms with Gasteiger partial charge in [-0.3, -0.25) is 14.5 Å². The number of halogens is 2. The average Bonchev–Trinajstić information content (AvgIpc) is 2.33. The maximum absolute atomic E-state index is 12.8. The minimum Gasteiger partial charge on any atom is -0.340 e. The maximum atomic E-state index is 12.8. The van der Waals surface area contributed by atoms with Crippen LogP contribution in [0.4, 0.5) is 5.69 Å². The summed E-state index contributed by atoms with van der Waals surface area (Å²) >= 11 is 12.1. The van der Waals surface area contributed by atoms with Crippen LogP contribution in [-0.4, -0.2) is 23.4 Å². The van der Waals surface area contributed by atoms with Crippen molar-refractivity contribution in [3.05, 3.63) is 28.2 Å². The molecule has 2 amide bonds. The molecule has 0 saturated carbocycles. The fraction of sp³-hybridized carbons (Fsp3) is 0.467. The molecule has 1 unspecified atom stereocenters. The number of benzene rings is 1. The van der Waals surface area contributed by atoms with Crippen LogP contribution < -0.4 is 10.2 Å². The summed E-state index contributed by atoms with van der Waals surface area (Å²) in [5, 5.41) is 3.61. The van der Waals surface area contributed by atoms with Crippen LogP contribution in [0.15, 0.2) is 18.2 Å². The fourth-order valence-corrected chi connectivity index (χ4v) is 3.02. The molecular weight excluding hydrogens is 311 g/mol. The zero-order chi connectivity index (χ0) is 15.9. The van der Waals surface area contributed by atoms with Gasteiger partial charge in [0.25, 0.3) is 5.91 Å². The number of hydrogen-bond acceptors (Lipinski definition) is 2. The summed E-state index contributed by atoms with van der Waals surface area (Å²) in [5.74, 6) is -0.414. The Labute approximate surface area is 134 Å². The van der Waals surface area contributed by atoms with Gasteiger partial charge in [0.2, 0.25) is 5.91 Å². The number of amides is 2. The topological polar surface area (TPSA) is 49.4 Å². The van der Waals surface area contributed by atoms with Crippen LogP contribution in [0.5, 0.6) is 0 Å². The minimum absolute atomic E-state index is 0.0446. The van der Waals surface area contributed by atoms with Crippen molar-refractivity contribution in [3.63, 3.8) is 0 Å². The molecule has 1 aromatic rings. The predicted octanol–water partition coefficient (Wildman–Crippen LogP) is 3.26. The molecule has 0 bridgehead atoms. The van der Waals surface area contributed by atoms with Gasteiger partial charge in [-0.25, -0.2) is 0 Å². The van der Waals surface area contributed by atoms with E-state index in [1.165, 1.54) is 4.90 Å². The quantitative estimate of drug-likeness (QED) is 0.905. The first kappa shape index (κ1) is 16.1. The lowest BCUT2D eigenvalue weighted by Crippen LogP contribution is -2.69. The molecule has 0 spiro atoms. The highest BCUT2D eigenvalue weighted by Crippen LogP contribution is 2.35. The van der Waals surface area contributed by atoms with E-state index in [1.54, 1.807) is 32.0 Å². The molecule has 6 heteroatoms. The molecule has 1 fully saturated rings. The lowest BCUT2D eigenvalue weighted by atomic mass is 9.91. The number of carbonyl (C=O) groups is 2. The van der Waals surface area contributed by atoms with Crippen LogP contribution in [-0.2, 0) is 9.59 Å². The zero-order valence-corrected chi connectivity index (χ0v) is 13.9. The second-order valence-corrected chi connectivity index (χ2v) is 6.92. The molecule has 1 atom stereocenters. The number of rotatable bonds is 2. The maximum Gasteiger partial charge on any atom is 0.252 e. The molecule has 2 rings (SSSR count). The number of carbonyl (C=O) groups excluding carboxylic acids is 2. The van der Waals surface area contributed by atoms with E-state index in [4.69, 9.17) is 23.2 Å². The third kappa shape index (κ3) is 2.87. The third-order valence-electron chi connectivity index (χ3n) is 3.54. The molecular formula is C15H18Cl2N2O2. The molecule has 1 aromatic carbocycles. The summed E-state index contributed by atoms with van der Waals surface area (Å²) < 4.78 is 0. The van der Waals surface area contributed by atoms with E-state index in [-0.39, 0.29) is 17.7 Å². The minimum atomic E-state index is -0.967. The molecule has 1 aliphatic rings. The van der Waals surface area contributed by atoms with E-state index in [9.17, 15) is 9.59 Å². The normalized spacial score (nSPS) is 21.7. The third-order valence-corrected chi connectivity index (χ3v) is 4.07. The molecule has 1 saturated heterocycles. The summed E-state index contributed by atoms with van der Waals surface area (Å²) in [6.07, 6.45) is 0. The molecule has 0 aromatic heterocycles. The molecule has 1 N–H and O–H groups in total. The lowest BCUT2D eigenvalue weighted by molar-refractivity contribution is -0.138. The predicted molar refractivity (Wildman–Crippen MR) is 84.8 cm³/mol. The first-order chi connectivity index (χ1) is 9.65. The van der Waals surface area contributed by atoms with Crippen molar-refractivity contribution in [3.8, 4) is 0 Å². The molecule has 4 nitrogen and oxygen atoms in total. The molecule has 114 valence electrons. The van der Waals surface area contributed by atoms with Crippen molar-refractivity contribution >= 4 is 40.7 Å². The smallest absolute Gasteiger partial charge is 0.252 e. The van der Waals surface area contributed by atoms with Crippen molar-refractivity contribution in [2.75, 3.05) is 4.90 Å². The van der Waals surface area contributed by atoms with Crippen molar-refractivity contribution in [2.45, 2.75) is 39.3 Å². The Hall–Kier alpha value is -1.26. The van der Waals surface area contributed by atoms with E-state index < -0.39 is 11.6 Å². The Morgan fingerprint density at radius 3 is 2.38 bits per heavy atom. The summed E-state index contributed by atoms with van der Waals surface area (Å²) in [7, 11) is 0. The Bertz CT molecular complexity index is 599. The molecule has 1 aliphatic heterocycles. The van der Waals surface area contributed by atoms with E-state index in [0.29, 0.717) is 15.7 Å². The van der Waals surface area contributed by atoms with Crippen molar-refractivity contribution in [1.29, 1.82) is 0 Å². The highest BCUT2D eigenvalue weighted by atomic mass is 35.5. The van der Waals surface area contributed by atoms with Gasteiger partial charge in [0, 0.05) is 5.02 Å². The monoisotopic (exact) mass is 328 g/mol. The van der Waals surface area contributed by atoms with Gasteiger partial charge in [0.05, 0.1) is 10.7 Å². The zero-order valence-electron chi connectivity index (χ0n) is 12.4. The lowest BCUT2D eigenvalue weighted by Gasteiger charge is -2.44. The molecule has 0 aliphatic carbocycles. The highest BCUT2D eigenvalue weighted by Gasteiger charge is 2.47. The van der Waals surface area contributed by atoms with Crippen LogP contribution in [0.1, 0.15) is 27.7 Å². The first-order valence-electron chi connectivity index (χ1n) is 6.76. The molecule has 1 heterocycles. The summed E-state index contributed by atoms with van der Waals surface area (Å²) in [6, 6.07) is 4.31. The van der Waals surface area contributed by atoms with Crippen molar-refractivity contribution < 1.29 is 9.59 Å². The Morgan fingerprint density at radius 1 is 1.24 bits per heavy atom. The van der Waals surface area contributed by atoms with Gasteiger partial charge in [-0.2, -0.15) is 0 Å². The van der Waals surface area contributed by atoms with Crippen molar-refractivity contribution in [2.24, 2.45) is 5.92 Å². The Balaban J connectivity index is 2.58. The van der Waals surface area contributed by atoms with E-state index >= 15 is 0 Å². The number of anilines is 1. The summed E-state index contributed by atoms with van der Waals surface area (Å²) in [4.78, 5) is 26.6. The van der Waals surface area contributed by atoms with Crippen LogP contribution in [0.3, 0.4) is 0 Å². The largest absolute Gasteiger partial charge is 0.340 e. The van der Waals surface area contributed by atoms with Crippen LogP contribution in [0.2, 0.25) is 10.0 Å². The number of nitrogens with zero attached hydrogens (tertiary/aromatic N) is 1. The van der Waals surface area contributed by atoms with Gasteiger partial charge in [0.1, 0.15) is 11.6 Å². The Kier molecular flexibility index (Phi) is 4.22. The van der Waals surface area contributed by atoms with Gasteiger partial charge in [-0.1, -0.05) is 37.0 Å². The second-order valence-electron chi connectivity index (χ2n) is 6.07. The van der Waals surface area contributed by atoms with E-state index in [1.807, 2.05) is 13.8 Å². The SMILES string of the molecule is CC(C)C1C(=O)NC(C)(C)C(=O)N1c1ccc(Cl)cc1Cl. The van der Waals surface area contributed by atoms with Crippen LogP contribution in [0.25, 0.3) is 0 Å². The first-order valence-corrected chi connectivity index (χ1v) is 7.51. The van der Waals surface area contributed by atoms with Gasteiger partial charge >= 0.3 is 0 Å².